The van der Waals surface area contributed by atoms with Crippen LogP contribution in [0.5, 0.6) is 5.75 Å². The monoisotopic (exact) mass is 660 g/mol. The third-order valence-corrected chi connectivity index (χ3v) is 6.75. The van der Waals surface area contributed by atoms with Crippen molar-refractivity contribution >= 4 is 62.7 Å². The molecule has 1 aliphatic heterocycles. The Hall–Kier alpha value is -2.11. The van der Waals surface area contributed by atoms with Crippen molar-refractivity contribution in [2.24, 2.45) is 0 Å². The van der Waals surface area contributed by atoms with Gasteiger partial charge in [0.25, 0.3) is 11.8 Å². The van der Waals surface area contributed by atoms with E-state index in [2.05, 4.69) is 10.2 Å². The van der Waals surface area contributed by atoms with Crippen molar-refractivity contribution in [2.75, 3.05) is 38.3 Å². The number of nitriles is 1. The average molecular weight is 660 g/mol. The summed E-state index contributed by atoms with van der Waals surface area (Å²) < 4.78 is 6.66. The number of morpholine rings is 1. The van der Waals surface area contributed by atoms with Gasteiger partial charge in [-0.2, -0.15) is 5.26 Å². The van der Waals surface area contributed by atoms with Crippen LogP contribution in [0.4, 0.5) is 5.69 Å². The number of ether oxygens (including phenoxy) is 1. The lowest BCUT2D eigenvalue weighted by Gasteiger charge is -2.29. The third kappa shape index (κ3) is 6.02. The molecule has 32 heavy (non-hydrogen) atoms. The highest BCUT2D eigenvalue weighted by Gasteiger charge is 2.26. The van der Waals surface area contributed by atoms with Crippen LogP contribution >= 0.6 is 45.2 Å². The van der Waals surface area contributed by atoms with Crippen LogP contribution in [0.3, 0.4) is 0 Å². The lowest BCUT2D eigenvalue weighted by molar-refractivity contribution is -0.129. The lowest BCUT2D eigenvalue weighted by atomic mass is 10.0. The molecule has 1 fully saturated rings. The molecule has 2 N–H and O–H groups in total. The summed E-state index contributed by atoms with van der Waals surface area (Å²) in [7, 11) is 1.36. The Morgan fingerprint density at radius 3 is 2.38 bits per heavy atom. The normalized spacial score (nSPS) is 14.4. The number of phenols is 1. The molecule has 0 radical (unpaired) electrons. The summed E-state index contributed by atoms with van der Waals surface area (Å²) >= 11 is 4.03. The van der Waals surface area contributed by atoms with E-state index < -0.39 is 17.9 Å². The van der Waals surface area contributed by atoms with Gasteiger partial charge >= 0.3 is 0 Å². The van der Waals surface area contributed by atoms with Crippen molar-refractivity contribution in [3.63, 3.8) is 0 Å². The van der Waals surface area contributed by atoms with Crippen LogP contribution in [0.15, 0.2) is 36.4 Å². The minimum Gasteiger partial charge on any atom is -0.506 e. The first-order valence-electron chi connectivity index (χ1n) is 9.88. The number of hydrogen-bond acceptors (Lipinski definition) is 6. The molecule has 0 spiro atoms. The maximum Gasteiger partial charge on any atom is 0.258 e. The summed E-state index contributed by atoms with van der Waals surface area (Å²) in [6, 6.07) is 9.79. The van der Waals surface area contributed by atoms with Crippen molar-refractivity contribution in [1.82, 2.24) is 10.2 Å². The van der Waals surface area contributed by atoms with Gasteiger partial charge in [-0.25, -0.2) is 0 Å². The number of phenolic OH excluding ortho intramolecular Hbond substituents is 1. The number of halogens is 2. The number of likely N-dealkylation sites (N-methyl/N-ethyl adjacent to an activating group) is 1. The van der Waals surface area contributed by atoms with Gasteiger partial charge in [0, 0.05) is 37.8 Å². The van der Waals surface area contributed by atoms with Crippen LogP contribution in [0.2, 0.25) is 0 Å². The standard InChI is InChI=1S/C22H22I2N4O4/c1-27(13-25)22(31)19(12-14-10-17(23)20(29)18(24)11-14)26-21(30)15-2-4-16(5-3-15)28-6-8-32-9-7-28/h2-5,10-11,19,29H,6-9,12H2,1H3,(H,26,30)/t19-/m0/s1. The molecule has 168 valence electrons. The topological polar surface area (TPSA) is 106 Å². The fourth-order valence-corrected chi connectivity index (χ4v) is 5.24. The van der Waals surface area contributed by atoms with Crippen LogP contribution in [0, 0.1) is 18.6 Å². The molecular formula is C22H22I2N4O4. The number of aromatic hydroxyl groups is 1. The molecule has 3 rings (SSSR count). The smallest absolute Gasteiger partial charge is 0.258 e. The number of carbonyl (C=O) groups excluding carboxylic acids is 2. The number of rotatable bonds is 6. The van der Waals surface area contributed by atoms with E-state index >= 15 is 0 Å². The molecule has 1 heterocycles. The van der Waals surface area contributed by atoms with Gasteiger partial charge in [-0.3, -0.25) is 14.5 Å². The van der Waals surface area contributed by atoms with Crippen molar-refractivity contribution < 1.29 is 19.4 Å². The van der Waals surface area contributed by atoms with Gasteiger partial charge in [-0.05, 0) is 87.1 Å². The highest BCUT2D eigenvalue weighted by Crippen LogP contribution is 2.28. The fourth-order valence-electron chi connectivity index (χ4n) is 3.34. The van der Waals surface area contributed by atoms with E-state index in [-0.39, 0.29) is 12.2 Å². The van der Waals surface area contributed by atoms with Crippen LogP contribution < -0.4 is 10.2 Å². The van der Waals surface area contributed by atoms with Crippen LogP contribution in [0.25, 0.3) is 0 Å². The van der Waals surface area contributed by atoms with E-state index in [0.717, 1.165) is 29.2 Å². The molecule has 1 aliphatic rings. The maximum atomic E-state index is 12.9. The van der Waals surface area contributed by atoms with Gasteiger partial charge in [0.2, 0.25) is 0 Å². The molecule has 10 heteroatoms. The molecule has 0 unspecified atom stereocenters. The van der Waals surface area contributed by atoms with Crippen molar-refractivity contribution in [3.8, 4) is 11.9 Å². The zero-order valence-electron chi connectivity index (χ0n) is 17.3. The number of anilines is 1. The molecule has 0 bridgehead atoms. The first kappa shape index (κ1) is 24.5. The van der Waals surface area contributed by atoms with E-state index in [1.54, 1.807) is 30.5 Å². The largest absolute Gasteiger partial charge is 0.506 e. The SMILES string of the molecule is CN(C#N)C(=O)[C@H](Cc1cc(I)c(O)c(I)c1)NC(=O)c1ccc(N2CCOCC2)cc1. The molecule has 1 saturated heterocycles. The molecule has 1 atom stereocenters. The summed E-state index contributed by atoms with van der Waals surface area (Å²) in [5.74, 6) is -0.730. The second kappa shape index (κ2) is 11.2. The molecule has 0 saturated carbocycles. The number of nitrogens with one attached hydrogen (secondary N) is 1. The lowest BCUT2D eigenvalue weighted by Crippen LogP contribution is -2.47. The Kier molecular flexibility index (Phi) is 8.55. The van der Waals surface area contributed by atoms with Gasteiger partial charge in [0.1, 0.15) is 11.8 Å². The third-order valence-electron chi connectivity index (χ3n) is 5.11. The number of benzene rings is 2. The molecular weight excluding hydrogens is 638 g/mol. The quantitative estimate of drug-likeness (QED) is 0.281. The number of hydrogen-bond donors (Lipinski definition) is 2. The summed E-state index contributed by atoms with van der Waals surface area (Å²) in [6.07, 6.45) is 1.98. The molecule has 2 aromatic rings. The van der Waals surface area contributed by atoms with Gasteiger partial charge in [-0.1, -0.05) is 0 Å². The second-order valence-corrected chi connectivity index (χ2v) is 9.61. The summed E-state index contributed by atoms with van der Waals surface area (Å²) in [6.45, 7) is 2.95. The Balaban J connectivity index is 1.77. The average Bonchev–Trinajstić information content (AvgIpc) is 2.81. The second-order valence-electron chi connectivity index (χ2n) is 7.28. The first-order valence-corrected chi connectivity index (χ1v) is 12.0. The van der Waals surface area contributed by atoms with E-state index in [1.807, 2.05) is 57.3 Å². The molecule has 2 aromatic carbocycles. The molecule has 0 aliphatic carbocycles. The zero-order valence-corrected chi connectivity index (χ0v) is 21.7. The van der Waals surface area contributed by atoms with Crippen molar-refractivity contribution in [2.45, 2.75) is 12.5 Å². The predicted molar refractivity (Wildman–Crippen MR) is 136 cm³/mol. The minimum atomic E-state index is -0.929. The van der Waals surface area contributed by atoms with Gasteiger partial charge in [-0.15, -0.1) is 0 Å². The Morgan fingerprint density at radius 2 is 1.81 bits per heavy atom. The van der Waals surface area contributed by atoms with Crippen molar-refractivity contribution in [3.05, 3.63) is 54.7 Å². The molecule has 0 aromatic heterocycles. The van der Waals surface area contributed by atoms with Gasteiger partial charge in [0.15, 0.2) is 6.19 Å². The summed E-state index contributed by atoms with van der Waals surface area (Å²) in [4.78, 5) is 28.7. The van der Waals surface area contributed by atoms with Gasteiger partial charge in [0.05, 0.1) is 20.4 Å². The Morgan fingerprint density at radius 1 is 1.22 bits per heavy atom. The van der Waals surface area contributed by atoms with E-state index in [0.29, 0.717) is 25.9 Å². The Labute approximate surface area is 213 Å². The van der Waals surface area contributed by atoms with Crippen molar-refractivity contribution in [1.29, 1.82) is 5.26 Å². The minimum absolute atomic E-state index is 0.177. The Bertz CT molecular complexity index is 1010. The van der Waals surface area contributed by atoms with Gasteiger partial charge < -0.3 is 20.1 Å². The first-order chi connectivity index (χ1) is 15.3. The highest BCUT2D eigenvalue weighted by atomic mass is 127. The number of carbonyl (C=O) groups is 2. The molecule has 2 amide bonds. The van der Waals surface area contributed by atoms with Crippen LogP contribution in [0.1, 0.15) is 15.9 Å². The van der Waals surface area contributed by atoms with E-state index in [4.69, 9.17) is 10.00 Å². The molecule has 8 nitrogen and oxygen atoms in total. The number of nitrogens with zero attached hydrogens (tertiary/aromatic N) is 3. The fraction of sp³-hybridized carbons (Fsp3) is 0.318. The highest BCUT2D eigenvalue weighted by molar-refractivity contribution is 14.1. The number of amides is 2. The van der Waals surface area contributed by atoms with Crippen LogP contribution in [-0.4, -0.2) is 61.2 Å². The van der Waals surface area contributed by atoms with E-state index in [1.165, 1.54) is 7.05 Å². The summed E-state index contributed by atoms with van der Waals surface area (Å²) in [5, 5.41) is 21.9. The summed E-state index contributed by atoms with van der Waals surface area (Å²) in [5.41, 5.74) is 2.20. The predicted octanol–water partition coefficient (Wildman–Crippen LogP) is 2.72. The van der Waals surface area contributed by atoms with Crippen LogP contribution in [-0.2, 0) is 16.0 Å². The maximum absolute atomic E-state index is 12.9. The zero-order chi connectivity index (χ0) is 23.3. The van der Waals surface area contributed by atoms with E-state index in [9.17, 15) is 14.7 Å².